The van der Waals surface area contributed by atoms with Gasteiger partial charge in [-0.3, -0.25) is 14.6 Å². The van der Waals surface area contributed by atoms with Gasteiger partial charge in [0.25, 0.3) is 0 Å². The van der Waals surface area contributed by atoms with Crippen molar-refractivity contribution in [2.45, 2.75) is 33.1 Å². The molecule has 1 heterocycles. The van der Waals surface area contributed by atoms with Gasteiger partial charge >= 0.3 is 5.97 Å². The second-order valence-corrected chi connectivity index (χ2v) is 3.83. The number of ether oxygens (including phenoxy) is 1. The van der Waals surface area contributed by atoms with Gasteiger partial charge in [0.05, 0.1) is 13.0 Å². The zero-order chi connectivity index (χ0) is 12.7. The van der Waals surface area contributed by atoms with Crippen LogP contribution in [0.3, 0.4) is 0 Å². The minimum absolute atomic E-state index is 0.0778. The van der Waals surface area contributed by atoms with Gasteiger partial charge in [0.15, 0.2) is 5.78 Å². The quantitative estimate of drug-likeness (QED) is 0.561. The molecule has 0 amide bonds. The number of pyridine rings is 1. The van der Waals surface area contributed by atoms with Crippen LogP contribution in [-0.2, 0) is 9.53 Å². The molecule has 0 aliphatic carbocycles. The topological polar surface area (TPSA) is 56.3 Å². The Balaban J connectivity index is 2.39. The summed E-state index contributed by atoms with van der Waals surface area (Å²) in [6.07, 6.45) is 2.64. The predicted molar refractivity (Wildman–Crippen MR) is 63.8 cm³/mol. The van der Waals surface area contributed by atoms with E-state index in [1.165, 1.54) is 6.20 Å². The summed E-state index contributed by atoms with van der Waals surface area (Å²) in [7, 11) is 0. The van der Waals surface area contributed by atoms with Gasteiger partial charge in [-0.1, -0.05) is 6.92 Å². The number of nitrogens with zero attached hydrogens (tertiary/aromatic N) is 1. The summed E-state index contributed by atoms with van der Waals surface area (Å²) in [5.74, 6) is -0.397. The third kappa shape index (κ3) is 4.76. The highest BCUT2D eigenvalue weighted by Gasteiger charge is 2.10. The van der Waals surface area contributed by atoms with Crippen LogP contribution in [0.5, 0.6) is 0 Å². The van der Waals surface area contributed by atoms with Crippen molar-refractivity contribution < 1.29 is 14.3 Å². The molecule has 0 unspecified atom stereocenters. The van der Waals surface area contributed by atoms with Crippen LogP contribution in [0.25, 0.3) is 0 Å². The van der Waals surface area contributed by atoms with Crippen LogP contribution < -0.4 is 0 Å². The number of carbonyl (C=O) groups excluding carboxylic acids is 2. The van der Waals surface area contributed by atoms with Gasteiger partial charge in [0.1, 0.15) is 0 Å². The van der Waals surface area contributed by atoms with E-state index in [2.05, 4.69) is 4.98 Å². The lowest BCUT2D eigenvalue weighted by Crippen LogP contribution is -2.09. The molecular formula is C13H17NO3. The number of hydrogen-bond donors (Lipinski definition) is 0. The second kappa shape index (κ2) is 6.78. The maximum Gasteiger partial charge on any atom is 0.306 e. The molecule has 0 bridgehead atoms. The lowest BCUT2D eigenvalue weighted by molar-refractivity contribution is -0.143. The largest absolute Gasteiger partial charge is 0.466 e. The average Bonchev–Trinajstić information content (AvgIpc) is 2.34. The smallest absolute Gasteiger partial charge is 0.306 e. The lowest BCUT2D eigenvalue weighted by atomic mass is 10.1. The molecule has 1 aromatic rings. The zero-order valence-electron chi connectivity index (χ0n) is 10.2. The van der Waals surface area contributed by atoms with Gasteiger partial charge in [-0.05, 0) is 25.5 Å². The molecule has 1 aromatic heterocycles. The lowest BCUT2D eigenvalue weighted by Gasteiger charge is -2.03. The average molecular weight is 235 g/mol. The van der Waals surface area contributed by atoms with Crippen LogP contribution in [-0.4, -0.2) is 23.3 Å². The normalized spacial score (nSPS) is 10.0. The van der Waals surface area contributed by atoms with E-state index in [9.17, 15) is 9.59 Å². The third-order valence-corrected chi connectivity index (χ3v) is 2.26. The number of rotatable bonds is 6. The van der Waals surface area contributed by atoms with Crippen molar-refractivity contribution >= 4 is 11.8 Å². The highest BCUT2D eigenvalue weighted by molar-refractivity contribution is 5.97. The van der Waals surface area contributed by atoms with Gasteiger partial charge in [0, 0.05) is 23.9 Å². The molecule has 0 saturated carbocycles. The first kappa shape index (κ1) is 13.4. The van der Waals surface area contributed by atoms with Crippen molar-refractivity contribution in [2.75, 3.05) is 6.61 Å². The Morgan fingerprint density at radius 1 is 1.29 bits per heavy atom. The maximum atomic E-state index is 11.7. The Bertz CT molecular complexity index is 384. The van der Waals surface area contributed by atoms with Crippen molar-refractivity contribution in [2.24, 2.45) is 0 Å². The van der Waals surface area contributed by atoms with Gasteiger partial charge < -0.3 is 4.74 Å². The molecule has 0 aliphatic rings. The second-order valence-electron chi connectivity index (χ2n) is 3.83. The Labute approximate surface area is 101 Å². The first-order valence-electron chi connectivity index (χ1n) is 5.75. The summed E-state index contributed by atoms with van der Waals surface area (Å²) in [6, 6.07) is 3.50. The van der Waals surface area contributed by atoms with E-state index in [1.54, 1.807) is 12.1 Å². The number of aromatic nitrogens is 1. The first-order valence-corrected chi connectivity index (χ1v) is 5.75. The Kier molecular flexibility index (Phi) is 5.33. The molecule has 0 N–H and O–H groups in total. The molecule has 0 aliphatic heterocycles. The fourth-order valence-electron chi connectivity index (χ4n) is 1.28. The van der Waals surface area contributed by atoms with Crippen LogP contribution in [0.4, 0.5) is 0 Å². The van der Waals surface area contributed by atoms with Crippen molar-refractivity contribution in [3.05, 3.63) is 29.6 Å². The zero-order valence-corrected chi connectivity index (χ0v) is 10.2. The van der Waals surface area contributed by atoms with Crippen LogP contribution in [0.1, 0.15) is 42.2 Å². The fourth-order valence-corrected chi connectivity index (χ4v) is 1.28. The molecule has 4 nitrogen and oxygen atoms in total. The van der Waals surface area contributed by atoms with Crippen LogP contribution >= 0.6 is 0 Å². The van der Waals surface area contributed by atoms with Gasteiger partial charge in [-0.2, -0.15) is 0 Å². The highest BCUT2D eigenvalue weighted by Crippen LogP contribution is 2.06. The molecule has 1 rings (SSSR count). The Morgan fingerprint density at radius 3 is 2.65 bits per heavy atom. The Morgan fingerprint density at radius 2 is 2.06 bits per heavy atom. The molecule has 92 valence electrons. The number of ketones is 1. The molecule has 17 heavy (non-hydrogen) atoms. The standard InChI is InChI=1S/C13H17NO3/c1-3-8-17-13(16)7-6-12(15)11-5-4-10(2)14-9-11/h4-5,9H,3,6-8H2,1-2H3. The van der Waals surface area contributed by atoms with E-state index in [4.69, 9.17) is 4.74 Å². The summed E-state index contributed by atoms with van der Waals surface area (Å²) >= 11 is 0. The summed E-state index contributed by atoms with van der Waals surface area (Å²) in [6.45, 7) is 4.20. The number of carbonyl (C=O) groups is 2. The van der Waals surface area contributed by atoms with E-state index in [-0.39, 0.29) is 24.6 Å². The van der Waals surface area contributed by atoms with E-state index in [0.29, 0.717) is 12.2 Å². The fraction of sp³-hybridized carbons (Fsp3) is 0.462. The van der Waals surface area contributed by atoms with E-state index in [0.717, 1.165) is 12.1 Å². The Hall–Kier alpha value is -1.71. The van der Waals surface area contributed by atoms with Crippen LogP contribution in [0, 0.1) is 6.92 Å². The van der Waals surface area contributed by atoms with Crippen molar-refractivity contribution in [1.82, 2.24) is 4.98 Å². The highest BCUT2D eigenvalue weighted by atomic mass is 16.5. The minimum Gasteiger partial charge on any atom is -0.466 e. The molecule has 0 aromatic carbocycles. The molecule has 0 spiro atoms. The van der Waals surface area contributed by atoms with E-state index in [1.807, 2.05) is 13.8 Å². The van der Waals surface area contributed by atoms with Crippen LogP contribution in [0.15, 0.2) is 18.3 Å². The summed E-state index contributed by atoms with van der Waals surface area (Å²) in [4.78, 5) is 26.9. The van der Waals surface area contributed by atoms with Crippen LogP contribution in [0.2, 0.25) is 0 Å². The van der Waals surface area contributed by atoms with Gasteiger partial charge in [-0.25, -0.2) is 0 Å². The molecule has 0 saturated heterocycles. The van der Waals surface area contributed by atoms with Gasteiger partial charge in [-0.15, -0.1) is 0 Å². The third-order valence-electron chi connectivity index (χ3n) is 2.26. The van der Waals surface area contributed by atoms with Crippen molar-refractivity contribution in [3.63, 3.8) is 0 Å². The predicted octanol–water partition coefficient (Wildman–Crippen LogP) is 2.31. The first-order chi connectivity index (χ1) is 8.13. The molecule has 0 atom stereocenters. The summed E-state index contributed by atoms with van der Waals surface area (Å²) in [5, 5.41) is 0. The summed E-state index contributed by atoms with van der Waals surface area (Å²) < 4.78 is 4.89. The SMILES string of the molecule is CCCOC(=O)CCC(=O)c1ccc(C)nc1. The number of Topliss-reactive ketones (excluding diaryl/α,β-unsaturated/α-hetero) is 1. The monoisotopic (exact) mass is 235 g/mol. The molecular weight excluding hydrogens is 218 g/mol. The molecule has 0 radical (unpaired) electrons. The van der Waals surface area contributed by atoms with E-state index >= 15 is 0 Å². The van der Waals surface area contributed by atoms with Crippen molar-refractivity contribution in [3.8, 4) is 0 Å². The summed E-state index contributed by atoms with van der Waals surface area (Å²) in [5.41, 5.74) is 1.41. The van der Waals surface area contributed by atoms with Gasteiger partial charge in [0.2, 0.25) is 0 Å². The number of aryl methyl sites for hydroxylation is 1. The number of esters is 1. The molecule has 4 heteroatoms. The van der Waals surface area contributed by atoms with Crippen molar-refractivity contribution in [1.29, 1.82) is 0 Å². The van der Waals surface area contributed by atoms with E-state index < -0.39 is 0 Å². The maximum absolute atomic E-state index is 11.7. The molecule has 0 fully saturated rings. The number of hydrogen-bond acceptors (Lipinski definition) is 4. The minimum atomic E-state index is -0.319.